The SMILES string of the molecule is Cc1nn(CCO)c(C)c1CNCCN1CCC(N(C)C)CC1. The van der Waals surface area contributed by atoms with E-state index in [0.29, 0.717) is 6.54 Å². The van der Waals surface area contributed by atoms with Gasteiger partial charge in [-0.25, -0.2) is 0 Å². The minimum atomic E-state index is 0.137. The summed E-state index contributed by atoms with van der Waals surface area (Å²) in [6.07, 6.45) is 2.55. The lowest BCUT2D eigenvalue weighted by molar-refractivity contribution is 0.145. The molecule has 2 N–H and O–H groups in total. The molecule has 1 aliphatic heterocycles. The number of piperidine rings is 1. The van der Waals surface area contributed by atoms with Crippen LogP contribution in [0.25, 0.3) is 0 Å². The third kappa shape index (κ3) is 5.01. The zero-order valence-corrected chi connectivity index (χ0v) is 15.2. The third-order valence-corrected chi connectivity index (χ3v) is 5.04. The van der Waals surface area contributed by atoms with E-state index >= 15 is 0 Å². The van der Waals surface area contributed by atoms with E-state index in [-0.39, 0.29) is 6.61 Å². The number of rotatable bonds is 8. The van der Waals surface area contributed by atoms with E-state index in [1.165, 1.54) is 31.5 Å². The molecule has 0 amide bonds. The van der Waals surface area contributed by atoms with Gasteiger partial charge in [0.2, 0.25) is 0 Å². The van der Waals surface area contributed by atoms with Crippen molar-refractivity contribution in [1.82, 2.24) is 24.9 Å². The molecule has 0 saturated carbocycles. The molecule has 23 heavy (non-hydrogen) atoms. The minimum absolute atomic E-state index is 0.137. The van der Waals surface area contributed by atoms with Gasteiger partial charge in [0.1, 0.15) is 0 Å². The van der Waals surface area contributed by atoms with Crippen LogP contribution in [0.3, 0.4) is 0 Å². The smallest absolute Gasteiger partial charge is 0.0644 e. The second-order valence-corrected chi connectivity index (χ2v) is 6.81. The zero-order chi connectivity index (χ0) is 16.8. The van der Waals surface area contributed by atoms with Crippen molar-refractivity contribution >= 4 is 0 Å². The summed E-state index contributed by atoms with van der Waals surface area (Å²) < 4.78 is 1.90. The van der Waals surface area contributed by atoms with E-state index in [2.05, 4.69) is 41.2 Å². The maximum atomic E-state index is 9.07. The highest BCUT2D eigenvalue weighted by Gasteiger charge is 2.20. The highest BCUT2D eigenvalue weighted by Crippen LogP contribution is 2.14. The Morgan fingerprint density at radius 3 is 2.52 bits per heavy atom. The molecule has 0 bridgehead atoms. The molecule has 1 aromatic heterocycles. The fourth-order valence-electron chi connectivity index (χ4n) is 3.41. The van der Waals surface area contributed by atoms with Crippen molar-refractivity contribution in [1.29, 1.82) is 0 Å². The Morgan fingerprint density at radius 1 is 1.22 bits per heavy atom. The lowest BCUT2D eigenvalue weighted by Crippen LogP contribution is -2.43. The topological polar surface area (TPSA) is 56.6 Å². The Balaban J connectivity index is 1.70. The number of nitrogens with one attached hydrogen (secondary N) is 1. The van der Waals surface area contributed by atoms with Crippen molar-refractivity contribution in [3.05, 3.63) is 17.0 Å². The Hall–Kier alpha value is -0.950. The highest BCUT2D eigenvalue weighted by atomic mass is 16.3. The molecule has 0 radical (unpaired) electrons. The van der Waals surface area contributed by atoms with E-state index in [1.807, 2.05) is 11.6 Å². The van der Waals surface area contributed by atoms with Gasteiger partial charge in [0.15, 0.2) is 0 Å². The van der Waals surface area contributed by atoms with Crippen LogP contribution in [0.5, 0.6) is 0 Å². The Labute approximate surface area is 140 Å². The maximum absolute atomic E-state index is 9.07. The molecule has 2 heterocycles. The molecule has 1 aromatic rings. The Morgan fingerprint density at radius 2 is 1.91 bits per heavy atom. The highest BCUT2D eigenvalue weighted by molar-refractivity contribution is 5.24. The second-order valence-electron chi connectivity index (χ2n) is 6.81. The third-order valence-electron chi connectivity index (χ3n) is 5.04. The summed E-state index contributed by atoms with van der Waals surface area (Å²) >= 11 is 0. The van der Waals surface area contributed by atoms with Gasteiger partial charge in [0, 0.05) is 36.9 Å². The van der Waals surface area contributed by atoms with Crippen LogP contribution in [-0.4, -0.2) is 77.6 Å². The number of nitrogens with zero attached hydrogens (tertiary/aromatic N) is 4. The van der Waals surface area contributed by atoms with E-state index < -0.39 is 0 Å². The van der Waals surface area contributed by atoms with Crippen LogP contribution in [-0.2, 0) is 13.1 Å². The van der Waals surface area contributed by atoms with Gasteiger partial charge in [-0.05, 0) is 53.9 Å². The van der Waals surface area contributed by atoms with Gasteiger partial charge in [-0.2, -0.15) is 5.10 Å². The summed E-state index contributed by atoms with van der Waals surface area (Å²) in [4.78, 5) is 4.91. The van der Waals surface area contributed by atoms with Gasteiger partial charge in [-0.15, -0.1) is 0 Å². The summed E-state index contributed by atoms with van der Waals surface area (Å²) in [5.74, 6) is 0. The quantitative estimate of drug-likeness (QED) is 0.687. The van der Waals surface area contributed by atoms with E-state index in [9.17, 15) is 0 Å². The minimum Gasteiger partial charge on any atom is -0.394 e. The van der Waals surface area contributed by atoms with Crippen molar-refractivity contribution in [2.45, 2.75) is 45.8 Å². The molecule has 6 heteroatoms. The number of aryl methyl sites for hydroxylation is 1. The number of aliphatic hydroxyl groups is 1. The van der Waals surface area contributed by atoms with Crippen LogP contribution in [0.1, 0.15) is 29.8 Å². The summed E-state index contributed by atoms with van der Waals surface area (Å²) in [5, 5.41) is 17.1. The normalized spacial score (nSPS) is 17.3. The van der Waals surface area contributed by atoms with Crippen LogP contribution in [0.2, 0.25) is 0 Å². The van der Waals surface area contributed by atoms with Crippen LogP contribution < -0.4 is 5.32 Å². The number of hydrogen-bond donors (Lipinski definition) is 2. The lowest BCUT2D eigenvalue weighted by Gasteiger charge is -2.35. The van der Waals surface area contributed by atoms with Gasteiger partial charge >= 0.3 is 0 Å². The van der Waals surface area contributed by atoms with Crippen molar-refractivity contribution in [3.63, 3.8) is 0 Å². The first-order valence-corrected chi connectivity index (χ1v) is 8.76. The second kappa shape index (κ2) is 8.78. The monoisotopic (exact) mass is 323 g/mol. The van der Waals surface area contributed by atoms with Gasteiger partial charge in [-0.3, -0.25) is 4.68 Å². The van der Waals surface area contributed by atoms with E-state index in [1.54, 1.807) is 0 Å². The molecule has 0 aromatic carbocycles. The van der Waals surface area contributed by atoms with Gasteiger partial charge < -0.3 is 20.2 Å². The Kier molecular flexibility index (Phi) is 7.02. The molecule has 0 aliphatic carbocycles. The van der Waals surface area contributed by atoms with E-state index in [4.69, 9.17) is 5.11 Å². The van der Waals surface area contributed by atoms with Gasteiger partial charge in [0.25, 0.3) is 0 Å². The summed E-state index contributed by atoms with van der Waals surface area (Å²) in [7, 11) is 4.37. The molecule has 6 nitrogen and oxygen atoms in total. The van der Waals surface area contributed by atoms with Crippen LogP contribution >= 0.6 is 0 Å². The lowest BCUT2D eigenvalue weighted by atomic mass is 10.0. The number of likely N-dealkylation sites (tertiary alicyclic amines) is 1. The molecular formula is C17H33N5O. The zero-order valence-electron chi connectivity index (χ0n) is 15.2. The fraction of sp³-hybridized carbons (Fsp3) is 0.824. The maximum Gasteiger partial charge on any atom is 0.0644 e. The van der Waals surface area contributed by atoms with Gasteiger partial charge in [0.05, 0.1) is 18.8 Å². The van der Waals surface area contributed by atoms with Crippen LogP contribution in [0, 0.1) is 13.8 Å². The van der Waals surface area contributed by atoms with Crippen LogP contribution in [0.15, 0.2) is 0 Å². The Bertz CT molecular complexity index is 478. The largest absolute Gasteiger partial charge is 0.394 e. The van der Waals surface area contributed by atoms with Crippen molar-refractivity contribution in [2.75, 3.05) is 46.9 Å². The first kappa shape index (κ1) is 18.4. The molecule has 1 aliphatic rings. The molecule has 0 spiro atoms. The first-order valence-electron chi connectivity index (χ1n) is 8.76. The standard InChI is InChI=1S/C17H33N5O/c1-14-17(15(2)22(19-14)11-12-23)13-18-7-10-21-8-5-16(6-9-21)20(3)4/h16,18,23H,5-13H2,1-4H3. The summed E-state index contributed by atoms with van der Waals surface area (Å²) in [6, 6.07) is 0.752. The number of hydrogen-bond acceptors (Lipinski definition) is 5. The predicted molar refractivity (Wildman–Crippen MR) is 93.6 cm³/mol. The number of aromatic nitrogens is 2. The molecule has 2 rings (SSSR count). The van der Waals surface area contributed by atoms with E-state index in [0.717, 1.165) is 37.1 Å². The predicted octanol–water partition coefficient (Wildman–Crippen LogP) is 0.608. The van der Waals surface area contributed by atoms with Crippen molar-refractivity contribution in [2.24, 2.45) is 0 Å². The van der Waals surface area contributed by atoms with Crippen molar-refractivity contribution < 1.29 is 5.11 Å². The molecular weight excluding hydrogens is 290 g/mol. The first-order chi connectivity index (χ1) is 11.0. The molecule has 132 valence electrons. The van der Waals surface area contributed by atoms with Crippen LogP contribution in [0.4, 0.5) is 0 Å². The number of aliphatic hydroxyl groups excluding tert-OH is 1. The van der Waals surface area contributed by atoms with Gasteiger partial charge in [-0.1, -0.05) is 0 Å². The summed E-state index contributed by atoms with van der Waals surface area (Å²) in [6.45, 7) is 10.2. The summed E-state index contributed by atoms with van der Waals surface area (Å²) in [5.41, 5.74) is 3.50. The fourth-order valence-corrected chi connectivity index (χ4v) is 3.41. The average molecular weight is 323 g/mol. The average Bonchev–Trinajstić information content (AvgIpc) is 2.79. The molecule has 1 fully saturated rings. The molecule has 1 saturated heterocycles. The molecule has 0 unspecified atom stereocenters. The van der Waals surface area contributed by atoms with Crippen molar-refractivity contribution in [3.8, 4) is 0 Å². The molecule has 0 atom stereocenters.